The number of thiophene rings is 1. The minimum absolute atomic E-state index is 0.245. The van der Waals surface area contributed by atoms with Crippen LogP contribution in [0.5, 0.6) is 5.75 Å². The van der Waals surface area contributed by atoms with Crippen LogP contribution >= 0.6 is 11.3 Å². The quantitative estimate of drug-likeness (QED) is 0.451. The van der Waals surface area contributed by atoms with Crippen molar-refractivity contribution in [1.29, 1.82) is 0 Å². The maximum absolute atomic E-state index is 12.6. The van der Waals surface area contributed by atoms with Crippen molar-refractivity contribution in [2.24, 2.45) is 0 Å². The van der Waals surface area contributed by atoms with Crippen molar-refractivity contribution in [1.82, 2.24) is 0 Å². The average molecular weight is 456 g/mol. The second-order valence-electron chi connectivity index (χ2n) is 7.95. The maximum atomic E-state index is 12.6. The van der Waals surface area contributed by atoms with Gasteiger partial charge in [0.25, 0.3) is 5.91 Å². The molecule has 2 heterocycles. The number of benzene rings is 1. The summed E-state index contributed by atoms with van der Waals surface area (Å²) >= 11 is 1.43. The Morgan fingerprint density at radius 1 is 1.09 bits per heavy atom. The Balaban J connectivity index is 1.54. The summed E-state index contributed by atoms with van der Waals surface area (Å²) in [5, 5.41) is 4.16. The number of nitrogens with one attached hydrogen (secondary N) is 1. The predicted molar refractivity (Wildman–Crippen MR) is 123 cm³/mol. The van der Waals surface area contributed by atoms with Crippen LogP contribution in [-0.2, 0) is 22.4 Å². The zero-order chi connectivity index (χ0) is 23.0. The number of esters is 1. The fourth-order valence-corrected chi connectivity index (χ4v) is 5.35. The Labute approximate surface area is 189 Å². The van der Waals surface area contributed by atoms with E-state index < -0.39 is 5.97 Å². The van der Waals surface area contributed by atoms with E-state index in [0.29, 0.717) is 33.0 Å². The highest BCUT2D eigenvalue weighted by molar-refractivity contribution is 7.17. The summed E-state index contributed by atoms with van der Waals surface area (Å²) in [5.74, 6) is -0.362. The SMILES string of the molecule is COC(=O)c1c(NC(=O)COc2ccc3c(C)c(C)c(=O)oc3c2C)sc2c1CCCC2. The molecule has 0 spiro atoms. The van der Waals surface area contributed by atoms with Gasteiger partial charge in [-0.15, -0.1) is 11.3 Å². The third-order valence-electron chi connectivity index (χ3n) is 6.00. The van der Waals surface area contributed by atoms with Gasteiger partial charge in [-0.05, 0) is 69.7 Å². The number of rotatable bonds is 5. The normalized spacial score (nSPS) is 13.0. The Kier molecular flexibility index (Phi) is 6.06. The second kappa shape index (κ2) is 8.78. The van der Waals surface area contributed by atoms with Crippen molar-refractivity contribution < 1.29 is 23.5 Å². The molecule has 1 aliphatic rings. The number of ether oxygens (including phenoxy) is 2. The van der Waals surface area contributed by atoms with Gasteiger partial charge in [-0.2, -0.15) is 0 Å². The molecule has 1 amide bonds. The van der Waals surface area contributed by atoms with Crippen LogP contribution in [0.25, 0.3) is 11.0 Å². The molecule has 1 aromatic carbocycles. The number of carbonyl (C=O) groups excluding carboxylic acids is 2. The minimum atomic E-state index is -0.438. The van der Waals surface area contributed by atoms with E-state index in [1.165, 1.54) is 18.4 Å². The standard InChI is InChI=1S/C24H25NO6S/c1-12-13(2)23(27)31-21-14(3)17(10-9-15(12)21)30-11-19(26)25-22-20(24(28)29-4)16-7-5-6-8-18(16)32-22/h9-10H,5-8,11H2,1-4H3,(H,25,26). The van der Waals surface area contributed by atoms with Crippen molar-refractivity contribution in [3.8, 4) is 5.75 Å². The smallest absolute Gasteiger partial charge is 0.341 e. The number of anilines is 1. The van der Waals surface area contributed by atoms with E-state index in [4.69, 9.17) is 13.9 Å². The molecule has 1 aliphatic carbocycles. The number of hydrogen-bond donors (Lipinski definition) is 1. The zero-order valence-corrected chi connectivity index (χ0v) is 19.4. The summed E-state index contributed by atoms with van der Waals surface area (Å²) in [7, 11) is 1.34. The lowest BCUT2D eigenvalue weighted by Gasteiger charge is -2.13. The molecule has 2 aromatic heterocycles. The van der Waals surface area contributed by atoms with Gasteiger partial charge in [0, 0.05) is 21.4 Å². The van der Waals surface area contributed by atoms with E-state index in [2.05, 4.69) is 5.32 Å². The highest BCUT2D eigenvalue weighted by Gasteiger charge is 2.27. The summed E-state index contributed by atoms with van der Waals surface area (Å²) in [4.78, 5) is 38.2. The summed E-state index contributed by atoms with van der Waals surface area (Å²) < 4.78 is 16.1. The maximum Gasteiger partial charge on any atom is 0.341 e. The number of hydrogen-bond acceptors (Lipinski definition) is 7. The third kappa shape index (κ3) is 3.90. The summed E-state index contributed by atoms with van der Waals surface area (Å²) in [6, 6.07) is 3.59. The molecular formula is C24H25NO6S. The van der Waals surface area contributed by atoms with E-state index in [-0.39, 0.29) is 18.1 Å². The van der Waals surface area contributed by atoms with Gasteiger partial charge in [0.05, 0.1) is 12.7 Å². The highest BCUT2D eigenvalue weighted by atomic mass is 32.1. The molecule has 32 heavy (non-hydrogen) atoms. The number of carbonyl (C=O) groups is 2. The molecule has 0 bridgehead atoms. The molecule has 0 saturated carbocycles. The Morgan fingerprint density at radius 2 is 1.84 bits per heavy atom. The first-order chi connectivity index (χ1) is 15.3. The summed E-state index contributed by atoms with van der Waals surface area (Å²) in [5.41, 5.74) is 3.59. The largest absolute Gasteiger partial charge is 0.483 e. The molecule has 7 nitrogen and oxygen atoms in total. The average Bonchev–Trinajstić information content (AvgIpc) is 3.14. The lowest BCUT2D eigenvalue weighted by Crippen LogP contribution is -2.21. The van der Waals surface area contributed by atoms with Crippen LogP contribution in [-0.4, -0.2) is 25.6 Å². The van der Waals surface area contributed by atoms with E-state index >= 15 is 0 Å². The van der Waals surface area contributed by atoms with Crippen LogP contribution in [0.1, 0.15) is 50.3 Å². The van der Waals surface area contributed by atoms with E-state index in [1.54, 1.807) is 19.9 Å². The van der Waals surface area contributed by atoms with Gasteiger partial charge in [0.2, 0.25) is 0 Å². The van der Waals surface area contributed by atoms with Crippen molar-refractivity contribution in [2.45, 2.75) is 46.5 Å². The lowest BCUT2D eigenvalue weighted by molar-refractivity contribution is -0.118. The van der Waals surface area contributed by atoms with Gasteiger partial charge in [0.1, 0.15) is 16.3 Å². The molecule has 0 aliphatic heterocycles. The van der Waals surface area contributed by atoms with Gasteiger partial charge >= 0.3 is 11.6 Å². The predicted octanol–water partition coefficient (Wildman–Crippen LogP) is 4.46. The molecule has 0 atom stereocenters. The van der Waals surface area contributed by atoms with Crippen LogP contribution in [0.2, 0.25) is 0 Å². The summed E-state index contributed by atoms with van der Waals surface area (Å²) in [6.07, 6.45) is 3.79. The molecule has 0 radical (unpaired) electrons. The highest BCUT2D eigenvalue weighted by Crippen LogP contribution is 2.38. The topological polar surface area (TPSA) is 94.8 Å². The first-order valence-corrected chi connectivity index (χ1v) is 11.3. The Morgan fingerprint density at radius 3 is 2.59 bits per heavy atom. The van der Waals surface area contributed by atoms with Crippen molar-refractivity contribution in [3.63, 3.8) is 0 Å². The van der Waals surface area contributed by atoms with E-state index in [0.717, 1.165) is 47.1 Å². The molecule has 3 aromatic rings. The molecule has 1 N–H and O–H groups in total. The van der Waals surface area contributed by atoms with Gasteiger partial charge in [0.15, 0.2) is 6.61 Å². The number of fused-ring (bicyclic) bond motifs is 2. The van der Waals surface area contributed by atoms with Gasteiger partial charge in [-0.1, -0.05) is 0 Å². The molecule has 4 rings (SSSR count). The first-order valence-electron chi connectivity index (χ1n) is 10.5. The molecule has 0 saturated heterocycles. The van der Waals surface area contributed by atoms with Gasteiger partial charge < -0.3 is 19.2 Å². The van der Waals surface area contributed by atoms with Crippen molar-refractivity contribution >= 4 is 39.2 Å². The van der Waals surface area contributed by atoms with Gasteiger partial charge in [-0.3, -0.25) is 4.79 Å². The first kappa shape index (κ1) is 22.1. The Hall–Kier alpha value is -3.13. The van der Waals surface area contributed by atoms with E-state index in [1.807, 2.05) is 13.0 Å². The molecule has 0 unspecified atom stereocenters. The van der Waals surface area contributed by atoms with Gasteiger partial charge in [-0.25, -0.2) is 9.59 Å². The number of aryl methyl sites for hydroxylation is 3. The van der Waals surface area contributed by atoms with Crippen LogP contribution in [0.3, 0.4) is 0 Å². The molecule has 8 heteroatoms. The number of amides is 1. The number of methoxy groups -OCH3 is 1. The third-order valence-corrected chi connectivity index (χ3v) is 7.20. The summed E-state index contributed by atoms with van der Waals surface area (Å²) in [6.45, 7) is 5.15. The van der Waals surface area contributed by atoms with E-state index in [9.17, 15) is 14.4 Å². The van der Waals surface area contributed by atoms with Crippen LogP contribution < -0.4 is 15.7 Å². The van der Waals surface area contributed by atoms with Crippen molar-refractivity contribution in [3.05, 3.63) is 55.2 Å². The van der Waals surface area contributed by atoms with Crippen molar-refractivity contribution in [2.75, 3.05) is 19.0 Å². The molecular weight excluding hydrogens is 430 g/mol. The fourth-order valence-electron chi connectivity index (χ4n) is 4.06. The molecule has 168 valence electrons. The van der Waals surface area contributed by atoms with Crippen LogP contribution in [0.15, 0.2) is 21.3 Å². The zero-order valence-electron chi connectivity index (χ0n) is 18.5. The lowest BCUT2D eigenvalue weighted by atomic mass is 9.95. The monoisotopic (exact) mass is 455 g/mol. The fraction of sp³-hybridized carbons (Fsp3) is 0.375. The minimum Gasteiger partial charge on any atom is -0.483 e. The van der Waals surface area contributed by atoms with Crippen LogP contribution in [0.4, 0.5) is 5.00 Å². The Bertz CT molecular complexity index is 1290. The van der Waals surface area contributed by atoms with Crippen LogP contribution in [0, 0.1) is 20.8 Å². The molecule has 0 fully saturated rings. The second-order valence-corrected chi connectivity index (χ2v) is 9.05.